The Hall–Kier alpha value is -2.02. The van der Waals surface area contributed by atoms with E-state index < -0.39 is 4.92 Å². The molecule has 2 N–H and O–H groups in total. The molecule has 2 rings (SSSR count). The number of nitrogens with two attached hydrogens (primary N) is 1. The molecule has 0 atom stereocenters. The number of furan rings is 1. The SMILES string of the molecule is Nc1cc([N+](=O)[O-])cc(SCc2ccco2)n1. The Labute approximate surface area is 101 Å². The van der Waals surface area contributed by atoms with E-state index in [1.165, 1.54) is 23.9 Å². The van der Waals surface area contributed by atoms with Crippen LogP contribution in [-0.2, 0) is 5.75 Å². The lowest BCUT2D eigenvalue weighted by Gasteiger charge is -2.00. The maximum Gasteiger partial charge on any atom is 0.275 e. The molecule has 2 heterocycles. The number of hydrogen-bond acceptors (Lipinski definition) is 6. The van der Waals surface area contributed by atoms with E-state index in [1.54, 1.807) is 12.3 Å². The van der Waals surface area contributed by atoms with Crippen LogP contribution in [-0.4, -0.2) is 9.91 Å². The minimum absolute atomic E-state index is 0.0561. The van der Waals surface area contributed by atoms with Gasteiger partial charge in [0.25, 0.3) is 5.69 Å². The first kappa shape index (κ1) is 11.5. The Kier molecular flexibility index (Phi) is 3.29. The van der Waals surface area contributed by atoms with Gasteiger partial charge >= 0.3 is 0 Å². The highest BCUT2D eigenvalue weighted by atomic mass is 32.2. The molecule has 0 spiro atoms. The van der Waals surface area contributed by atoms with Crippen molar-refractivity contribution in [2.24, 2.45) is 0 Å². The van der Waals surface area contributed by atoms with Crippen molar-refractivity contribution >= 4 is 23.3 Å². The van der Waals surface area contributed by atoms with E-state index in [1.807, 2.05) is 6.07 Å². The Morgan fingerprint density at radius 2 is 2.35 bits per heavy atom. The number of nitrogen functional groups attached to an aromatic ring is 1. The summed E-state index contributed by atoms with van der Waals surface area (Å²) < 4.78 is 5.15. The van der Waals surface area contributed by atoms with Gasteiger partial charge in [-0.1, -0.05) is 11.8 Å². The highest BCUT2D eigenvalue weighted by Gasteiger charge is 2.10. The van der Waals surface area contributed by atoms with Gasteiger partial charge < -0.3 is 10.2 Å². The predicted molar refractivity (Wildman–Crippen MR) is 63.6 cm³/mol. The molecule has 0 aliphatic carbocycles. The lowest BCUT2D eigenvalue weighted by Crippen LogP contribution is -1.96. The molecule has 2 aromatic heterocycles. The summed E-state index contributed by atoms with van der Waals surface area (Å²) in [5, 5.41) is 11.1. The first-order valence-electron chi connectivity index (χ1n) is 4.72. The largest absolute Gasteiger partial charge is 0.468 e. The molecule has 0 fully saturated rings. The third kappa shape index (κ3) is 2.97. The minimum Gasteiger partial charge on any atom is -0.468 e. The van der Waals surface area contributed by atoms with E-state index in [0.29, 0.717) is 10.8 Å². The maximum atomic E-state index is 10.6. The average Bonchev–Trinajstić information content (AvgIpc) is 2.78. The van der Waals surface area contributed by atoms with Crippen molar-refractivity contribution in [2.45, 2.75) is 10.8 Å². The molecular weight excluding hydrogens is 242 g/mol. The van der Waals surface area contributed by atoms with Crippen LogP contribution in [0.2, 0.25) is 0 Å². The molecule has 7 heteroatoms. The van der Waals surface area contributed by atoms with Crippen molar-refractivity contribution in [3.8, 4) is 0 Å². The molecule has 17 heavy (non-hydrogen) atoms. The van der Waals surface area contributed by atoms with Gasteiger partial charge in [0.1, 0.15) is 16.6 Å². The van der Waals surface area contributed by atoms with Gasteiger partial charge in [-0.15, -0.1) is 0 Å². The molecule has 0 amide bonds. The second-order valence-corrected chi connectivity index (χ2v) is 4.21. The summed E-state index contributed by atoms with van der Waals surface area (Å²) in [5.74, 6) is 1.48. The van der Waals surface area contributed by atoms with Gasteiger partial charge in [-0.25, -0.2) is 4.98 Å². The van der Waals surface area contributed by atoms with E-state index in [4.69, 9.17) is 10.2 Å². The Bertz CT molecular complexity index is 528. The summed E-state index contributed by atoms with van der Waals surface area (Å²) in [6, 6.07) is 6.24. The van der Waals surface area contributed by atoms with E-state index >= 15 is 0 Å². The van der Waals surface area contributed by atoms with Crippen molar-refractivity contribution in [3.05, 3.63) is 46.4 Å². The summed E-state index contributed by atoms with van der Waals surface area (Å²) in [5.41, 5.74) is 5.44. The maximum absolute atomic E-state index is 10.6. The van der Waals surface area contributed by atoms with Crippen LogP contribution in [0.15, 0.2) is 40.0 Å². The van der Waals surface area contributed by atoms with Crippen molar-refractivity contribution in [3.63, 3.8) is 0 Å². The molecule has 0 saturated heterocycles. The number of thioether (sulfide) groups is 1. The van der Waals surface area contributed by atoms with Crippen molar-refractivity contribution in [1.82, 2.24) is 4.98 Å². The standard InChI is InChI=1S/C10H9N3O3S/c11-9-4-7(13(14)15)5-10(12-9)17-6-8-2-1-3-16-8/h1-5H,6H2,(H2,11,12). The van der Waals surface area contributed by atoms with Gasteiger partial charge in [0.15, 0.2) is 0 Å². The summed E-state index contributed by atoms with van der Waals surface area (Å²) in [7, 11) is 0. The second kappa shape index (κ2) is 4.88. The van der Waals surface area contributed by atoms with Crippen LogP contribution in [0, 0.1) is 10.1 Å². The van der Waals surface area contributed by atoms with Gasteiger partial charge in [-0.05, 0) is 12.1 Å². The van der Waals surface area contributed by atoms with Crippen LogP contribution in [0.4, 0.5) is 11.5 Å². The molecule has 0 bridgehead atoms. The zero-order valence-corrected chi connectivity index (χ0v) is 9.52. The Morgan fingerprint density at radius 1 is 1.53 bits per heavy atom. The van der Waals surface area contributed by atoms with Crippen molar-refractivity contribution in [2.75, 3.05) is 5.73 Å². The van der Waals surface area contributed by atoms with E-state index in [2.05, 4.69) is 4.98 Å². The average molecular weight is 251 g/mol. The summed E-state index contributed by atoms with van der Waals surface area (Å²) in [4.78, 5) is 14.2. The number of rotatable bonds is 4. The molecule has 0 aliphatic rings. The van der Waals surface area contributed by atoms with Crippen LogP contribution >= 0.6 is 11.8 Å². The van der Waals surface area contributed by atoms with Crippen LogP contribution in [0.1, 0.15) is 5.76 Å². The fraction of sp³-hybridized carbons (Fsp3) is 0.100. The first-order valence-corrected chi connectivity index (χ1v) is 5.71. The normalized spacial score (nSPS) is 10.4. The summed E-state index contributed by atoms with van der Waals surface area (Å²) >= 11 is 1.33. The fourth-order valence-corrected chi connectivity index (χ4v) is 2.06. The lowest BCUT2D eigenvalue weighted by atomic mass is 10.4. The van der Waals surface area contributed by atoms with E-state index in [0.717, 1.165) is 5.76 Å². The fourth-order valence-electron chi connectivity index (χ4n) is 1.23. The monoisotopic (exact) mass is 251 g/mol. The predicted octanol–water partition coefficient (Wildman–Crippen LogP) is 2.46. The molecule has 0 unspecified atom stereocenters. The molecular formula is C10H9N3O3S. The van der Waals surface area contributed by atoms with Crippen molar-refractivity contribution < 1.29 is 9.34 Å². The Balaban J connectivity index is 2.13. The van der Waals surface area contributed by atoms with Gasteiger partial charge in [-0.3, -0.25) is 10.1 Å². The highest BCUT2D eigenvalue weighted by Crippen LogP contribution is 2.26. The third-order valence-electron chi connectivity index (χ3n) is 1.96. The number of nitro groups is 1. The van der Waals surface area contributed by atoms with Gasteiger partial charge in [0.05, 0.1) is 23.0 Å². The van der Waals surface area contributed by atoms with Crippen LogP contribution in [0.25, 0.3) is 0 Å². The second-order valence-electron chi connectivity index (χ2n) is 3.21. The van der Waals surface area contributed by atoms with E-state index in [-0.39, 0.29) is 11.5 Å². The van der Waals surface area contributed by atoms with Crippen LogP contribution in [0.5, 0.6) is 0 Å². The highest BCUT2D eigenvalue weighted by molar-refractivity contribution is 7.98. The number of anilines is 1. The topological polar surface area (TPSA) is 95.2 Å². The smallest absolute Gasteiger partial charge is 0.275 e. The van der Waals surface area contributed by atoms with Gasteiger partial charge in [0, 0.05) is 6.07 Å². The molecule has 0 aliphatic heterocycles. The quantitative estimate of drug-likeness (QED) is 0.509. The molecule has 0 aromatic carbocycles. The van der Waals surface area contributed by atoms with E-state index in [9.17, 15) is 10.1 Å². The van der Waals surface area contributed by atoms with Crippen molar-refractivity contribution in [1.29, 1.82) is 0 Å². The summed E-state index contributed by atoms with van der Waals surface area (Å²) in [6.45, 7) is 0. The lowest BCUT2D eigenvalue weighted by molar-refractivity contribution is -0.385. The summed E-state index contributed by atoms with van der Waals surface area (Å²) in [6.07, 6.45) is 1.57. The molecule has 0 radical (unpaired) electrons. The number of aromatic nitrogens is 1. The van der Waals surface area contributed by atoms with Crippen LogP contribution < -0.4 is 5.73 Å². The zero-order chi connectivity index (χ0) is 12.3. The number of pyridine rings is 1. The van der Waals surface area contributed by atoms with Gasteiger partial charge in [0.2, 0.25) is 0 Å². The zero-order valence-electron chi connectivity index (χ0n) is 8.70. The molecule has 6 nitrogen and oxygen atoms in total. The first-order chi connectivity index (χ1) is 8.15. The van der Waals surface area contributed by atoms with Crippen LogP contribution in [0.3, 0.4) is 0 Å². The molecule has 0 saturated carbocycles. The Morgan fingerprint density at radius 3 is 3.00 bits per heavy atom. The molecule has 2 aromatic rings. The number of hydrogen-bond donors (Lipinski definition) is 1. The minimum atomic E-state index is -0.491. The number of nitrogens with zero attached hydrogens (tertiary/aromatic N) is 2. The molecule has 88 valence electrons. The van der Waals surface area contributed by atoms with Gasteiger partial charge in [-0.2, -0.15) is 0 Å². The third-order valence-corrected chi connectivity index (χ3v) is 2.89.